The smallest absolute Gasteiger partial charge is 0.246 e. The molecule has 1 rings (SSSR count). The van der Waals surface area contributed by atoms with Gasteiger partial charge in [0, 0.05) is 12.6 Å². The molecule has 3 N–H and O–H groups in total. The van der Waals surface area contributed by atoms with Crippen molar-refractivity contribution >= 4 is 18.3 Å². The zero-order chi connectivity index (χ0) is 12.5. The Bertz CT molecular complexity index is 227. The second kappa shape index (κ2) is 10.6. The van der Waals surface area contributed by atoms with Crippen LogP contribution in [0.4, 0.5) is 0 Å². The van der Waals surface area contributed by atoms with Gasteiger partial charge in [0.25, 0.3) is 0 Å². The summed E-state index contributed by atoms with van der Waals surface area (Å²) >= 11 is 0. The minimum absolute atomic E-state index is 0. The first-order valence-corrected chi connectivity index (χ1v) is 6.85. The molecule has 0 aromatic carbocycles. The first-order valence-electron chi connectivity index (χ1n) is 6.85. The van der Waals surface area contributed by atoms with Crippen molar-refractivity contribution in [3.8, 4) is 0 Å². The van der Waals surface area contributed by atoms with Crippen molar-refractivity contribution in [2.75, 3.05) is 19.8 Å². The first kappa shape index (κ1) is 17.7. The molecule has 1 saturated carbocycles. The Hall–Kier alpha value is -0.320. The van der Waals surface area contributed by atoms with Crippen LogP contribution in [0.1, 0.15) is 45.4 Å². The summed E-state index contributed by atoms with van der Waals surface area (Å²) in [6, 6.07) is 0.260. The van der Waals surface area contributed by atoms with Gasteiger partial charge in [0.05, 0.1) is 0 Å². The number of unbranched alkanes of at least 4 members (excludes halogenated alkanes) is 1. The number of rotatable bonds is 7. The van der Waals surface area contributed by atoms with Gasteiger partial charge >= 0.3 is 0 Å². The fourth-order valence-corrected chi connectivity index (χ4v) is 2.34. The van der Waals surface area contributed by atoms with Crippen molar-refractivity contribution in [1.29, 1.82) is 0 Å². The van der Waals surface area contributed by atoms with Crippen LogP contribution in [0.2, 0.25) is 0 Å². The number of hydrogen-bond acceptors (Lipinski definition) is 3. The van der Waals surface area contributed by atoms with Crippen LogP contribution in [0.15, 0.2) is 0 Å². The molecule has 0 radical (unpaired) electrons. The Labute approximate surface area is 116 Å². The van der Waals surface area contributed by atoms with Gasteiger partial charge in [-0.3, -0.25) is 4.79 Å². The number of ether oxygens (including phenoxy) is 1. The van der Waals surface area contributed by atoms with Crippen LogP contribution in [0, 0.1) is 5.92 Å². The Kier molecular flexibility index (Phi) is 10.4. The molecule has 0 bridgehead atoms. The molecule has 1 aliphatic rings. The largest absolute Gasteiger partial charge is 0.372 e. The van der Waals surface area contributed by atoms with Crippen LogP contribution in [0.5, 0.6) is 0 Å². The molecule has 2 unspecified atom stereocenters. The summed E-state index contributed by atoms with van der Waals surface area (Å²) in [4.78, 5) is 11.7. The van der Waals surface area contributed by atoms with Crippen molar-refractivity contribution in [3.63, 3.8) is 0 Å². The van der Waals surface area contributed by atoms with Gasteiger partial charge < -0.3 is 15.8 Å². The fraction of sp³-hybridized carbons (Fsp3) is 0.923. The fourth-order valence-electron chi connectivity index (χ4n) is 2.34. The summed E-state index contributed by atoms with van der Waals surface area (Å²) in [7, 11) is 0. The molecule has 1 amide bonds. The maximum atomic E-state index is 11.7. The highest BCUT2D eigenvalue weighted by molar-refractivity contribution is 5.85. The SMILES string of the molecule is CCCCOCC(=O)NC1CCCCC1CN.Cl. The van der Waals surface area contributed by atoms with Gasteiger partial charge in [-0.2, -0.15) is 0 Å². The molecule has 0 saturated heterocycles. The van der Waals surface area contributed by atoms with Crippen molar-refractivity contribution in [3.05, 3.63) is 0 Å². The maximum Gasteiger partial charge on any atom is 0.246 e. The van der Waals surface area contributed by atoms with Crippen molar-refractivity contribution in [2.24, 2.45) is 11.7 Å². The van der Waals surface area contributed by atoms with Crippen LogP contribution in [-0.4, -0.2) is 31.7 Å². The quantitative estimate of drug-likeness (QED) is 0.699. The van der Waals surface area contributed by atoms with E-state index >= 15 is 0 Å². The molecule has 2 atom stereocenters. The number of carbonyl (C=O) groups is 1. The first-order chi connectivity index (χ1) is 8.27. The standard InChI is InChI=1S/C13H26N2O2.ClH/c1-2-3-8-17-10-13(16)15-12-7-5-4-6-11(12)9-14;/h11-12H,2-10,14H2,1H3,(H,15,16);1H. The second-order valence-electron chi connectivity index (χ2n) is 4.86. The average Bonchev–Trinajstić information content (AvgIpc) is 2.35. The number of hydrogen-bond donors (Lipinski definition) is 2. The lowest BCUT2D eigenvalue weighted by molar-refractivity contribution is -0.127. The number of amides is 1. The molecular formula is C13H27ClN2O2. The van der Waals surface area contributed by atoms with E-state index in [2.05, 4.69) is 12.2 Å². The van der Waals surface area contributed by atoms with Gasteiger partial charge in [0.15, 0.2) is 0 Å². The summed E-state index contributed by atoms with van der Waals surface area (Å²) in [5.41, 5.74) is 5.73. The Morgan fingerprint density at radius 2 is 2.11 bits per heavy atom. The molecule has 108 valence electrons. The van der Waals surface area contributed by atoms with Crippen molar-refractivity contribution in [2.45, 2.75) is 51.5 Å². The minimum atomic E-state index is 0. The molecule has 5 heteroatoms. The van der Waals surface area contributed by atoms with E-state index in [0.29, 0.717) is 19.1 Å². The Balaban J connectivity index is 0.00000289. The van der Waals surface area contributed by atoms with Crippen LogP contribution >= 0.6 is 12.4 Å². The van der Waals surface area contributed by atoms with E-state index < -0.39 is 0 Å². The van der Waals surface area contributed by atoms with Crippen molar-refractivity contribution < 1.29 is 9.53 Å². The zero-order valence-corrected chi connectivity index (χ0v) is 12.1. The van der Waals surface area contributed by atoms with Gasteiger partial charge in [0.2, 0.25) is 5.91 Å². The molecule has 1 aliphatic carbocycles. The summed E-state index contributed by atoms with van der Waals surface area (Å²) < 4.78 is 5.30. The summed E-state index contributed by atoms with van der Waals surface area (Å²) in [5.74, 6) is 0.454. The van der Waals surface area contributed by atoms with E-state index in [-0.39, 0.29) is 31.0 Å². The third-order valence-corrected chi connectivity index (χ3v) is 3.43. The molecule has 18 heavy (non-hydrogen) atoms. The third-order valence-electron chi connectivity index (χ3n) is 3.43. The predicted molar refractivity (Wildman–Crippen MR) is 75.9 cm³/mol. The highest BCUT2D eigenvalue weighted by Gasteiger charge is 2.25. The molecule has 0 spiro atoms. The number of nitrogens with one attached hydrogen (secondary N) is 1. The second-order valence-corrected chi connectivity index (χ2v) is 4.86. The zero-order valence-electron chi connectivity index (χ0n) is 11.3. The number of carbonyl (C=O) groups excluding carboxylic acids is 1. The molecular weight excluding hydrogens is 252 g/mol. The molecule has 0 heterocycles. The van der Waals surface area contributed by atoms with Crippen LogP contribution < -0.4 is 11.1 Å². The summed E-state index contributed by atoms with van der Waals surface area (Å²) in [5, 5.41) is 3.05. The van der Waals surface area contributed by atoms with Crippen LogP contribution in [0.25, 0.3) is 0 Å². The lowest BCUT2D eigenvalue weighted by Crippen LogP contribution is -2.45. The van der Waals surface area contributed by atoms with E-state index in [4.69, 9.17) is 10.5 Å². The monoisotopic (exact) mass is 278 g/mol. The molecule has 0 aromatic rings. The normalized spacial score (nSPS) is 23.2. The molecule has 0 aliphatic heterocycles. The lowest BCUT2D eigenvalue weighted by atomic mass is 9.84. The number of halogens is 1. The third kappa shape index (κ3) is 6.57. The van der Waals surface area contributed by atoms with E-state index in [9.17, 15) is 4.79 Å². The predicted octanol–water partition coefficient (Wildman–Crippen LogP) is 1.86. The highest BCUT2D eigenvalue weighted by Crippen LogP contribution is 2.23. The van der Waals surface area contributed by atoms with E-state index in [1.165, 1.54) is 12.8 Å². The van der Waals surface area contributed by atoms with Crippen LogP contribution in [-0.2, 0) is 9.53 Å². The van der Waals surface area contributed by atoms with Crippen molar-refractivity contribution in [1.82, 2.24) is 5.32 Å². The Morgan fingerprint density at radius 1 is 1.39 bits per heavy atom. The summed E-state index contributed by atoms with van der Waals surface area (Å²) in [6.07, 6.45) is 6.74. The molecule has 1 fully saturated rings. The van der Waals surface area contributed by atoms with E-state index in [0.717, 1.165) is 25.7 Å². The Morgan fingerprint density at radius 3 is 2.78 bits per heavy atom. The van der Waals surface area contributed by atoms with Gasteiger partial charge in [-0.15, -0.1) is 12.4 Å². The average molecular weight is 279 g/mol. The van der Waals surface area contributed by atoms with Gasteiger partial charge in [-0.05, 0) is 31.7 Å². The van der Waals surface area contributed by atoms with E-state index in [1.54, 1.807) is 0 Å². The topological polar surface area (TPSA) is 64.3 Å². The van der Waals surface area contributed by atoms with Gasteiger partial charge in [0.1, 0.15) is 6.61 Å². The molecule has 0 aromatic heterocycles. The highest BCUT2D eigenvalue weighted by atomic mass is 35.5. The lowest BCUT2D eigenvalue weighted by Gasteiger charge is -2.31. The summed E-state index contributed by atoms with van der Waals surface area (Å²) in [6.45, 7) is 3.64. The van der Waals surface area contributed by atoms with Crippen LogP contribution in [0.3, 0.4) is 0 Å². The molecule has 4 nitrogen and oxygen atoms in total. The van der Waals surface area contributed by atoms with E-state index in [1.807, 2.05) is 0 Å². The maximum absolute atomic E-state index is 11.7. The van der Waals surface area contributed by atoms with Gasteiger partial charge in [-0.1, -0.05) is 26.2 Å². The van der Waals surface area contributed by atoms with Gasteiger partial charge in [-0.25, -0.2) is 0 Å². The number of nitrogens with two attached hydrogens (primary N) is 1. The minimum Gasteiger partial charge on any atom is -0.372 e.